The zero-order chi connectivity index (χ0) is 6.85. The molecule has 0 amide bonds. The lowest BCUT2D eigenvalue weighted by Gasteiger charge is -1.90. The van der Waals surface area contributed by atoms with Crippen LogP contribution in [0.5, 0.6) is 0 Å². The Morgan fingerprint density at radius 3 is 2.78 bits per heavy atom. The standard InChI is InChI=1S/C5H7N3S/c1-3-4(5(6)7)2-9-8-3/h2H,1H3,(H3,6,7). The molecule has 0 aromatic carbocycles. The first kappa shape index (κ1) is 6.22. The first-order valence-electron chi connectivity index (χ1n) is 2.47. The van der Waals surface area contributed by atoms with E-state index in [4.69, 9.17) is 11.1 Å². The average Bonchev–Trinajstić information content (AvgIpc) is 2.13. The number of hydrogen-bond acceptors (Lipinski definition) is 3. The number of nitrogens with two attached hydrogens (primary N) is 1. The fourth-order valence-electron chi connectivity index (χ4n) is 0.551. The molecule has 0 spiro atoms. The van der Waals surface area contributed by atoms with Crippen LogP contribution in [0.15, 0.2) is 5.38 Å². The summed E-state index contributed by atoms with van der Waals surface area (Å²) in [6.45, 7) is 1.84. The summed E-state index contributed by atoms with van der Waals surface area (Å²) < 4.78 is 3.96. The summed E-state index contributed by atoms with van der Waals surface area (Å²) in [7, 11) is 0. The van der Waals surface area contributed by atoms with Gasteiger partial charge in [0, 0.05) is 10.9 Å². The van der Waals surface area contributed by atoms with Crippen molar-refractivity contribution in [3.63, 3.8) is 0 Å². The lowest BCUT2D eigenvalue weighted by Crippen LogP contribution is -2.10. The van der Waals surface area contributed by atoms with Crippen LogP contribution in [0, 0.1) is 12.3 Å². The number of nitrogens with one attached hydrogen (secondary N) is 1. The van der Waals surface area contributed by atoms with Crippen molar-refractivity contribution >= 4 is 17.4 Å². The highest BCUT2D eigenvalue weighted by Crippen LogP contribution is 2.06. The quantitative estimate of drug-likeness (QED) is 0.447. The van der Waals surface area contributed by atoms with Crippen LogP contribution in [0.1, 0.15) is 11.3 Å². The number of rotatable bonds is 1. The van der Waals surface area contributed by atoms with Crippen LogP contribution in [-0.2, 0) is 0 Å². The van der Waals surface area contributed by atoms with Gasteiger partial charge < -0.3 is 5.73 Å². The molecule has 1 aromatic rings. The molecule has 0 atom stereocenters. The second kappa shape index (κ2) is 2.14. The van der Waals surface area contributed by atoms with E-state index in [1.165, 1.54) is 11.5 Å². The number of aromatic nitrogens is 1. The minimum Gasteiger partial charge on any atom is -0.384 e. The van der Waals surface area contributed by atoms with Gasteiger partial charge in [-0.3, -0.25) is 5.41 Å². The monoisotopic (exact) mass is 141 g/mol. The highest BCUT2D eigenvalue weighted by molar-refractivity contribution is 7.03. The van der Waals surface area contributed by atoms with Crippen molar-refractivity contribution in [2.75, 3.05) is 0 Å². The van der Waals surface area contributed by atoms with Gasteiger partial charge in [-0.2, -0.15) is 4.37 Å². The Bertz CT molecular complexity index is 228. The molecular formula is C5H7N3S. The Morgan fingerprint density at radius 1 is 1.89 bits per heavy atom. The highest BCUT2D eigenvalue weighted by Gasteiger charge is 2.01. The van der Waals surface area contributed by atoms with E-state index in [2.05, 4.69) is 4.37 Å². The third kappa shape index (κ3) is 1.08. The van der Waals surface area contributed by atoms with Gasteiger partial charge in [-0.05, 0) is 18.5 Å². The molecule has 3 N–H and O–H groups in total. The number of nitrogens with zero attached hydrogens (tertiary/aromatic N) is 1. The second-order valence-corrected chi connectivity index (χ2v) is 2.36. The van der Waals surface area contributed by atoms with Gasteiger partial charge in [0.2, 0.25) is 0 Å². The van der Waals surface area contributed by atoms with E-state index >= 15 is 0 Å². The molecule has 1 rings (SSSR count). The minimum absolute atomic E-state index is 0.0984. The Hall–Kier alpha value is -0.900. The number of aryl methyl sites for hydroxylation is 1. The van der Waals surface area contributed by atoms with E-state index in [9.17, 15) is 0 Å². The van der Waals surface area contributed by atoms with E-state index in [0.717, 1.165) is 11.3 Å². The van der Waals surface area contributed by atoms with Gasteiger partial charge in [-0.15, -0.1) is 0 Å². The molecule has 0 saturated heterocycles. The minimum atomic E-state index is 0.0984. The molecule has 1 heterocycles. The summed E-state index contributed by atoms with van der Waals surface area (Å²) in [5.74, 6) is 0.0984. The molecule has 0 aliphatic carbocycles. The Kier molecular flexibility index (Phi) is 1.48. The van der Waals surface area contributed by atoms with E-state index in [0.29, 0.717) is 0 Å². The summed E-state index contributed by atoms with van der Waals surface area (Å²) in [6, 6.07) is 0. The first-order chi connectivity index (χ1) is 4.22. The molecule has 48 valence electrons. The van der Waals surface area contributed by atoms with Crippen LogP contribution < -0.4 is 5.73 Å². The van der Waals surface area contributed by atoms with Gasteiger partial charge in [0.1, 0.15) is 5.84 Å². The summed E-state index contributed by atoms with van der Waals surface area (Å²) in [5, 5.41) is 8.81. The maximum Gasteiger partial charge on any atom is 0.125 e. The summed E-state index contributed by atoms with van der Waals surface area (Å²) in [5.41, 5.74) is 6.80. The zero-order valence-electron chi connectivity index (χ0n) is 5.01. The predicted octanol–water partition coefficient (Wildman–Crippen LogP) is 0.736. The van der Waals surface area contributed by atoms with Crippen LogP contribution >= 0.6 is 11.5 Å². The molecule has 0 radical (unpaired) electrons. The Balaban J connectivity index is 3.08. The summed E-state index contributed by atoms with van der Waals surface area (Å²) in [4.78, 5) is 0. The van der Waals surface area contributed by atoms with Crippen molar-refractivity contribution in [3.8, 4) is 0 Å². The smallest absolute Gasteiger partial charge is 0.125 e. The van der Waals surface area contributed by atoms with Gasteiger partial charge in [0.25, 0.3) is 0 Å². The third-order valence-electron chi connectivity index (χ3n) is 1.04. The number of amidine groups is 1. The second-order valence-electron chi connectivity index (χ2n) is 1.73. The van der Waals surface area contributed by atoms with Crippen LogP contribution in [-0.4, -0.2) is 10.2 Å². The van der Waals surface area contributed by atoms with Crippen molar-refractivity contribution in [2.45, 2.75) is 6.92 Å². The SMILES string of the molecule is Cc1nscc1C(=N)N. The molecule has 1 aromatic heterocycles. The molecule has 0 unspecified atom stereocenters. The van der Waals surface area contributed by atoms with E-state index < -0.39 is 0 Å². The largest absolute Gasteiger partial charge is 0.384 e. The Morgan fingerprint density at radius 2 is 2.56 bits per heavy atom. The number of hydrogen-bond donors (Lipinski definition) is 2. The fraction of sp³-hybridized carbons (Fsp3) is 0.200. The van der Waals surface area contributed by atoms with Gasteiger partial charge in [0.05, 0.1) is 5.69 Å². The lowest BCUT2D eigenvalue weighted by molar-refractivity contribution is 1.30. The van der Waals surface area contributed by atoms with Crippen molar-refractivity contribution in [2.24, 2.45) is 5.73 Å². The molecule has 0 bridgehead atoms. The average molecular weight is 141 g/mol. The van der Waals surface area contributed by atoms with Gasteiger partial charge >= 0.3 is 0 Å². The highest BCUT2D eigenvalue weighted by atomic mass is 32.1. The van der Waals surface area contributed by atoms with Gasteiger partial charge in [-0.1, -0.05) is 0 Å². The molecule has 0 aliphatic heterocycles. The number of nitrogen functional groups attached to an aromatic ring is 1. The maximum atomic E-state index is 7.04. The molecule has 0 fully saturated rings. The lowest BCUT2D eigenvalue weighted by atomic mass is 10.2. The van der Waals surface area contributed by atoms with Crippen molar-refractivity contribution < 1.29 is 0 Å². The van der Waals surface area contributed by atoms with Crippen molar-refractivity contribution in [3.05, 3.63) is 16.6 Å². The molecule has 3 nitrogen and oxygen atoms in total. The van der Waals surface area contributed by atoms with Gasteiger partial charge in [0.15, 0.2) is 0 Å². The topological polar surface area (TPSA) is 62.8 Å². The van der Waals surface area contributed by atoms with Crippen LogP contribution in [0.2, 0.25) is 0 Å². The van der Waals surface area contributed by atoms with Crippen LogP contribution in [0.25, 0.3) is 0 Å². The van der Waals surface area contributed by atoms with E-state index in [1.807, 2.05) is 6.92 Å². The summed E-state index contributed by atoms with van der Waals surface area (Å²) in [6.07, 6.45) is 0. The maximum absolute atomic E-state index is 7.04. The molecular weight excluding hydrogens is 134 g/mol. The van der Waals surface area contributed by atoms with Crippen molar-refractivity contribution in [1.82, 2.24) is 4.37 Å². The zero-order valence-corrected chi connectivity index (χ0v) is 5.83. The normalized spacial score (nSPS) is 9.44. The fourth-order valence-corrected chi connectivity index (χ4v) is 1.26. The van der Waals surface area contributed by atoms with Crippen LogP contribution in [0.3, 0.4) is 0 Å². The predicted molar refractivity (Wildman–Crippen MR) is 37.9 cm³/mol. The van der Waals surface area contributed by atoms with E-state index in [1.54, 1.807) is 5.38 Å². The van der Waals surface area contributed by atoms with Gasteiger partial charge in [-0.25, -0.2) is 0 Å². The summed E-state index contributed by atoms with van der Waals surface area (Å²) >= 11 is 1.32. The first-order valence-corrected chi connectivity index (χ1v) is 3.31. The molecule has 9 heavy (non-hydrogen) atoms. The van der Waals surface area contributed by atoms with E-state index in [-0.39, 0.29) is 5.84 Å². The Labute approximate surface area is 57.2 Å². The molecule has 4 heteroatoms. The third-order valence-corrected chi connectivity index (χ3v) is 1.76. The van der Waals surface area contributed by atoms with Crippen LogP contribution in [0.4, 0.5) is 0 Å². The molecule has 0 saturated carbocycles. The molecule has 0 aliphatic rings. The van der Waals surface area contributed by atoms with Crippen molar-refractivity contribution in [1.29, 1.82) is 5.41 Å².